The molecule has 1 heterocycles. The Morgan fingerprint density at radius 1 is 1.21 bits per heavy atom. The van der Waals surface area contributed by atoms with Crippen LogP contribution in [0.1, 0.15) is 66.4 Å². The molecule has 0 amide bonds. The summed E-state index contributed by atoms with van der Waals surface area (Å²) in [4.78, 5) is 11.3. The number of aliphatic carboxylic acids is 1. The number of methoxy groups -OCH3 is 1. The summed E-state index contributed by atoms with van der Waals surface area (Å²) in [7, 11) is 1.55. The molecule has 0 saturated heterocycles. The quantitative estimate of drug-likeness (QED) is 0.372. The van der Waals surface area contributed by atoms with Crippen LogP contribution in [0.4, 0.5) is 4.39 Å². The highest BCUT2D eigenvalue weighted by Gasteiger charge is 2.34. The molecule has 1 N–H and O–H groups in total. The number of carboxylic acid groups (broad SMARTS) is 1. The van der Waals surface area contributed by atoms with E-state index in [2.05, 4.69) is 11.2 Å². The van der Waals surface area contributed by atoms with Crippen molar-refractivity contribution in [3.63, 3.8) is 0 Å². The van der Waals surface area contributed by atoms with Gasteiger partial charge in [0.05, 0.1) is 13.5 Å². The number of benzene rings is 2. The first-order valence-corrected chi connectivity index (χ1v) is 11.4. The number of carbonyl (C=O) groups is 1. The van der Waals surface area contributed by atoms with Crippen molar-refractivity contribution in [3.8, 4) is 17.0 Å². The lowest BCUT2D eigenvalue weighted by molar-refractivity contribution is -0.137. The molecule has 2 fully saturated rings. The van der Waals surface area contributed by atoms with Gasteiger partial charge < -0.3 is 14.4 Å². The molecule has 5 rings (SSSR count). The Morgan fingerprint density at radius 2 is 2.00 bits per heavy atom. The molecule has 0 radical (unpaired) electrons. The third-order valence-electron chi connectivity index (χ3n) is 6.52. The Labute approximate surface area is 205 Å². The van der Waals surface area contributed by atoms with E-state index in [1.54, 1.807) is 19.2 Å². The van der Waals surface area contributed by atoms with E-state index < -0.39 is 5.97 Å². The van der Waals surface area contributed by atoms with Crippen LogP contribution in [0.2, 0.25) is 0 Å². The van der Waals surface area contributed by atoms with Crippen molar-refractivity contribution in [2.75, 3.05) is 7.11 Å². The second kappa shape index (κ2) is 10.1. The molecule has 2 saturated carbocycles. The fraction of sp³-hybridized carbons (Fsp3) is 0.333. The van der Waals surface area contributed by atoms with E-state index in [0.29, 0.717) is 34.6 Å². The first-order chi connectivity index (χ1) is 16.0. The van der Waals surface area contributed by atoms with Gasteiger partial charge in [0.2, 0.25) is 0 Å². The molecule has 2 aliphatic rings. The van der Waals surface area contributed by atoms with E-state index in [1.165, 1.54) is 6.07 Å². The van der Waals surface area contributed by atoms with Crippen molar-refractivity contribution in [2.24, 2.45) is 5.92 Å². The number of aromatic nitrogens is 1. The Balaban J connectivity index is 0.00000274. The lowest BCUT2D eigenvalue weighted by Gasteiger charge is -2.15. The Morgan fingerprint density at radius 3 is 2.68 bits per heavy atom. The van der Waals surface area contributed by atoms with Gasteiger partial charge in [0.15, 0.2) is 5.76 Å². The summed E-state index contributed by atoms with van der Waals surface area (Å²) < 4.78 is 25.5. The van der Waals surface area contributed by atoms with E-state index in [1.807, 2.05) is 30.4 Å². The molecule has 178 valence electrons. The lowest BCUT2D eigenvalue weighted by Crippen LogP contribution is -2.08. The van der Waals surface area contributed by atoms with Gasteiger partial charge in [0, 0.05) is 11.1 Å². The molecule has 0 spiro atoms. The third-order valence-corrected chi connectivity index (χ3v) is 6.52. The van der Waals surface area contributed by atoms with Crippen molar-refractivity contribution < 1.29 is 23.6 Å². The summed E-state index contributed by atoms with van der Waals surface area (Å²) in [6.07, 6.45) is 8.20. The minimum atomic E-state index is -0.763. The smallest absolute Gasteiger partial charge is 0.303 e. The van der Waals surface area contributed by atoms with E-state index in [-0.39, 0.29) is 31.7 Å². The normalized spacial score (nSPS) is 16.3. The van der Waals surface area contributed by atoms with Crippen LogP contribution in [0.25, 0.3) is 23.4 Å². The summed E-state index contributed by atoms with van der Waals surface area (Å²) in [6, 6.07) is 12.6. The second-order valence-electron chi connectivity index (χ2n) is 8.97. The SMILES string of the molecule is COc1ccc(F)c(-c2noc(/C=C/c3cccc([C@H](CC(=O)O)C4CC4)c3)c2C2CC2)c1.S. The summed E-state index contributed by atoms with van der Waals surface area (Å²) in [5, 5.41) is 13.5. The van der Waals surface area contributed by atoms with Crippen molar-refractivity contribution in [3.05, 3.63) is 70.7 Å². The average molecular weight is 482 g/mol. The molecule has 2 aromatic carbocycles. The van der Waals surface area contributed by atoms with Crippen molar-refractivity contribution >= 4 is 31.6 Å². The van der Waals surface area contributed by atoms with Crippen LogP contribution in [-0.2, 0) is 4.79 Å². The van der Waals surface area contributed by atoms with E-state index in [4.69, 9.17) is 9.26 Å². The maximum absolute atomic E-state index is 14.6. The largest absolute Gasteiger partial charge is 0.497 e. The summed E-state index contributed by atoms with van der Waals surface area (Å²) in [5.74, 6) is 0.875. The van der Waals surface area contributed by atoms with Crippen LogP contribution < -0.4 is 4.74 Å². The molecular weight excluding hydrogens is 453 g/mol. The molecule has 1 atom stereocenters. The highest BCUT2D eigenvalue weighted by Crippen LogP contribution is 2.47. The average Bonchev–Trinajstić information content (AvgIpc) is 3.75. The number of hydrogen-bond acceptors (Lipinski definition) is 4. The fourth-order valence-corrected chi connectivity index (χ4v) is 4.51. The Hall–Kier alpha value is -3.06. The first kappa shape index (κ1) is 24.1. The van der Waals surface area contributed by atoms with Gasteiger partial charge in [-0.3, -0.25) is 4.79 Å². The Bertz CT molecular complexity index is 1210. The zero-order valence-corrected chi connectivity index (χ0v) is 20.0. The van der Waals surface area contributed by atoms with Crippen LogP contribution in [0.15, 0.2) is 47.0 Å². The number of rotatable bonds is 9. The number of carboxylic acids is 1. The van der Waals surface area contributed by atoms with E-state index in [9.17, 15) is 14.3 Å². The van der Waals surface area contributed by atoms with Gasteiger partial charge >= 0.3 is 5.97 Å². The standard InChI is InChI=1S/C27H26FNO4.H2S/c1-32-20-10-11-23(28)22(14-20)27-26(18-8-9-18)24(33-29-27)12-5-16-3-2-4-19(13-16)21(15-25(30)31)17-6-7-17;/h2-5,10-14,17-18,21H,6-9,15H2,1H3,(H,30,31);1H2/b12-5+;/t21-;/m1./s1. The van der Waals surface area contributed by atoms with Gasteiger partial charge in [0.25, 0.3) is 0 Å². The number of hydrogen-bond donors (Lipinski definition) is 1. The van der Waals surface area contributed by atoms with Gasteiger partial charge in [-0.1, -0.05) is 35.5 Å². The molecule has 5 nitrogen and oxygen atoms in total. The van der Waals surface area contributed by atoms with Crippen molar-refractivity contribution in [1.82, 2.24) is 5.16 Å². The predicted octanol–water partition coefficient (Wildman–Crippen LogP) is 6.62. The highest BCUT2D eigenvalue weighted by atomic mass is 32.1. The zero-order chi connectivity index (χ0) is 22.9. The third kappa shape index (κ3) is 5.20. The van der Waals surface area contributed by atoms with E-state index >= 15 is 0 Å². The summed E-state index contributed by atoms with van der Waals surface area (Å²) in [6.45, 7) is 0. The van der Waals surface area contributed by atoms with Crippen LogP contribution in [0.5, 0.6) is 5.75 Å². The van der Waals surface area contributed by atoms with Crippen LogP contribution in [-0.4, -0.2) is 23.3 Å². The molecule has 0 aliphatic heterocycles. The van der Waals surface area contributed by atoms with Crippen molar-refractivity contribution in [2.45, 2.75) is 43.9 Å². The number of nitrogens with zero attached hydrogens (tertiary/aromatic N) is 1. The Kier molecular flexibility index (Phi) is 7.12. The molecular formula is C27H28FNO4S. The summed E-state index contributed by atoms with van der Waals surface area (Å²) in [5.41, 5.74) is 3.86. The maximum atomic E-state index is 14.6. The second-order valence-corrected chi connectivity index (χ2v) is 8.97. The fourth-order valence-electron chi connectivity index (χ4n) is 4.51. The topological polar surface area (TPSA) is 72.6 Å². The molecule has 2 aliphatic carbocycles. The van der Waals surface area contributed by atoms with Crippen LogP contribution in [0, 0.1) is 11.7 Å². The minimum Gasteiger partial charge on any atom is -0.497 e. The summed E-state index contributed by atoms with van der Waals surface area (Å²) >= 11 is 0. The van der Waals surface area contributed by atoms with Gasteiger partial charge in [-0.15, -0.1) is 0 Å². The van der Waals surface area contributed by atoms with Gasteiger partial charge in [-0.25, -0.2) is 4.39 Å². The minimum absolute atomic E-state index is 0. The zero-order valence-electron chi connectivity index (χ0n) is 19.0. The molecule has 0 unspecified atom stereocenters. The molecule has 0 bridgehead atoms. The van der Waals surface area contributed by atoms with Gasteiger partial charge in [-0.2, -0.15) is 13.5 Å². The van der Waals surface area contributed by atoms with Crippen molar-refractivity contribution in [1.29, 1.82) is 0 Å². The van der Waals surface area contributed by atoms with Gasteiger partial charge in [0.1, 0.15) is 17.3 Å². The number of ether oxygens (including phenoxy) is 1. The number of halogens is 1. The molecule has 1 aromatic heterocycles. The highest BCUT2D eigenvalue weighted by molar-refractivity contribution is 7.59. The molecule has 34 heavy (non-hydrogen) atoms. The van der Waals surface area contributed by atoms with Crippen LogP contribution in [0.3, 0.4) is 0 Å². The predicted molar refractivity (Wildman–Crippen MR) is 134 cm³/mol. The molecule has 7 heteroatoms. The lowest BCUT2D eigenvalue weighted by atomic mass is 9.90. The monoisotopic (exact) mass is 481 g/mol. The maximum Gasteiger partial charge on any atom is 0.303 e. The van der Waals surface area contributed by atoms with Gasteiger partial charge in [-0.05, 0) is 78.8 Å². The van der Waals surface area contributed by atoms with Crippen LogP contribution >= 0.6 is 13.5 Å². The molecule has 3 aromatic rings. The first-order valence-electron chi connectivity index (χ1n) is 11.4. The van der Waals surface area contributed by atoms with E-state index in [0.717, 1.165) is 42.4 Å².